The van der Waals surface area contributed by atoms with Crippen molar-refractivity contribution in [3.05, 3.63) is 83.9 Å². The molecule has 0 saturated heterocycles. The molecule has 3 aromatic carbocycles. The van der Waals surface area contributed by atoms with Gasteiger partial charge in [-0.1, -0.05) is 54.6 Å². The van der Waals surface area contributed by atoms with Crippen LogP contribution in [0.1, 0.15) is 22.8 Å². The molecule has 0 radical (unpaired) electrons. The Morgan fingerprint density at radius 3 is 2.37 bits per heavy atom. The number of hydrogen-bond donors (Lipinski definition) is 0. The summed E-state index contributed by atoms with van der Waals surface area (Å²) in [6.07, 6.45) is 0. The largest absolute Gasteiger partial charge is 0.343 e. The maximum atomic E-state index is 12.4. The summed E-state index contributed by atoms with van der Waals surface area (Å²) in [5, 5.41) is 11.4. The standard InChI is InChI=1S/C24H18N2O/c1-16(27)22-14-23(21-9-5-7-18-6-3-4-8-20(18)21)26(2)24(22)19-12-10-17(15-25)11-13-19/h3-14H,1-2H3. The van der Waals surface area contributed by atoms with Gasteiger partial charge in [-0.2, -0.15) is 5.26 Å². The van der Waals surface area contributed by atoms with E-state index in [-0.39, 0.29) is 5.78 Å². The number of nitriles is 1. The lowest BCUT2D eigenvalue weighted by atomic mass is 10.0. The molecule has 0 N–H and O–H groups in total. The highest BCUT2D eigenvalue weighted by Gasteiger charge is 2.19. The number of rotatable bonds is 3. The third-order valence-corrected chi connectivity index (χ3v) is 4.97. The van der Waals surface area contributed by atoms with E-state index in [1.807, 2.05) is 43.4 Å². The van der Waals surface area contributed by atoms with Gasteiger partial charge < -0.3 is 4.57 Å². The van der Waals surface area contributed by atoms with Crippen molar-refractivity contribution in [3.8, 4) is 28.6 Å². The van der Waals surface area contributed by atoms with Crippen molar-refractivity contribution >= 4 is 16.6 Å². The van der Waals surface area contributed by atoms with Gasteiger partial charge in [0.05, 0.1) is 17.3 Å². The zero-order valence-corrected chi connectivity index (χ0v) is 15.2. The highest BCUT2D eigenvalue weighted by atomic mass is 16.1. The van der Waals surface area contributed by atoms with Crippen LogP contribution in [0.4, 0.5) is 0 Å². The van der Waals surface area contributed by atoms with Crippen LogP contribution in [-0.4, -0.2) is 10.4 Å². The van der Waals surface area contributed by atoms with E-state index < -0.39 is 0 Å². The summed E-state index contributed by atoms with van der Waals surface area (Å²) in [5.74, 6) is 0.0245. The van der Waals surface area contributed by atoms with Crippen LogP contribution in [0.25, 0.3) is 33.3 Å². The van der Waals surface area contributed by atoms with Gasteiger partial charge >= 0.3 is 0 Å². The Morgan fingerprint density at radius 2 is 1.67 bits per heavy atom. The van der Waals surface area contributed by atoms with Crippen molar-refractivity contribution < 1.29 is 4.79 Å². The predicted octanol–water partition coefficient (Wildman–Crippen LogP) is 5.59. The first-order chi connectivity index (χ1) is 13.1. The van der Waals surface area contributed by atoms with E-state index in [9.17, 15) is 4.79 Å². The molecule has 0 atom stereocenters. The Balaban J connectivity index is 1.98. The first kappa shape index (κ1) is 16.8. The van der Waals surface area contributed by atoms with Gasteiger partial charge in [-0.25, -0.2) is 0 Å². The number of aromatic nitrogens is 1. The van der Waals surface area contributed by atoms with Crippen molar-refractivity contribution in [1.82, 2.24) is 4.57 Å². The fourth-order valence-corrected chi connectivity index (χ4v) is 3.63. The summed E-state index contributed by atoms with van der Waals surface area (Å²) < 4.78 is 2.07. The summed E-state index contributed by atoms with van der Waals surface area (Å²) in [7, 11) is 1.98. The van der Waals surface area contributed by atoms with E-state index in [0.717, 1.165) is 27.9 Å². The van der Waals surface area contributed by atoms with E-state index >= 15 is 0 Å². The van der Waals surface area contributed by atoms with Crippen LogP contribution in [0.2, 0.25) is 0 Å². The molecule has 130 valence electrons. The molecule has 1 aromatic heterocycles. The van der Waals surface area contributed by atoms with Crippen molar-refractivity contribution in [2.24, 2.45) is 7.05 Å². The molecule has 0 spiro atoms. The number of benzene rings is 3. The van der Waals surface area contributed by atoms with Gasteiger partial charge in [-0.05, 0) is 41.5 Å². The molecule has 0 amide bonds. The van der Waals surface area contributed by atoms with Crippen LogP contribution < -0.4 is 0 Å². The minimum atomic E-state index is 0.0245. The number of carbonyl (C=O) groups excluding carboxylic acids is 1. The van der Waals surface area contributed by atoms with Gasteiger partial charge in [-0.3, -0.25) is 4.79 Å². The Bertz CT molecular complexity index is 1200. The van der Waals surface area contributed by atoms with Crippen molar-refractivity contribution in [2.75, 3.05) is 0 Å². The van der Waals surface area contributed by atoms with Crippen molar-refractivity contribution in [1.29, 1.82) is 5.26 Å². The van der Waals surface area contributed by atoms with Gasteiger partial charge in [0.25, 0.3) is 0 Å². The van der Waals surface area contributed by atoms with Crippen LogP contribution >= 0.6 is 0 Å². The minimum Gasteiger partial charge on any atom is -0.343 e. The zero-order valence-electron chi connectivity index (χ0n) is 15.2. The molecule has 0 unspecified atom stereocenters. The van der Waals surface area contributed by atoms with Crippen molar-refractivity contribution in [2.45, 2.75) is 6.92 Å². The lowest BCUT2D eigenvalue weighted by Crippen LogP contribution is -1.99. The molecule has 3 heteroatoms. The molecule has 0 aliphatic heterocycles. The molecule has 4 aromatic rings. The number of Topliss-reactive ketones (excluding diaryl/α,β-unsaturated/α-hetero) is 1. The summed E-state index contributed by atoms with van der Waals surface area (Å²) in [5.41, 5.74) is 5.18. The van der Waals surface area contributed by atoms with Gasteiger partial charge in [0.2, 0.25) is 0 Å². The van der Waals surface area contributed by atoms with Crippen LogP contribution in [0.5, 0.6) is 0 Å². The molecular weight excluding hydrogens is 332 g/mol. The molecule has 4 rings (SSSR count). The molecular formula is C24H18N2O. The highest BCUT2D eigenvalue weighted by Crippen LogP contribution is 2.35. The monoisotopic (exact) mass is 350 g/mol. The highest BCUT2D eigenvalue weighted by molar-refractivity contribution is 6.04. The molecule has 3 nitrogen and oxygen atoms in total. The van der Waals surface area contributed by atoms with Crippen LogP contribution in [0, 0.1) is 11.3 Å². The first-order valence-corrected chi connectivity index (χ1v) is 8.79. The van der Waals surface area contributed by atoms with E-state index in [1.165, 1.54) is 5.39 Å². The molecule has 0 bridgehead atoms. The number of ketones is 1. The smallest absolute Gasteiger partial charge is 0.161 e. The Labute approximate surface area is 158 Å². The number of fused-ring (bicyclic) bond motifs is 1. The number of carbonyl (C=O) groups is 1. The van der Waals surface area contributed by atoms with Gasteiger partial charge in [0.15, 0.2) is 5.78 Å². The van der Waals surface area contributed by atoms with E-state index in [4.69, 9.17) is 5.26 Å². The lowest BCUT2D eigenvalue weighted by molar-refractivity contribution is 0.101. The third kappa shape index (κ3) is 2.82. The Morgan fingerprint density at radius 1 is 0.963 bits per heavy atom. The topological polar surface area (TPSA) is 45.8 Å². The fraction of sp³-hybridized carbons (Fsp3) is 0.0833. The molecule has 0 saturated carbocycles. The summed E-state index contributed by atoms with van der Waals surface area (Å²) in [4.78, 5) is 12.4. The van der Waals surface area contributed by atoms with Crippen LogP contribution in [0.15, 0.2) is 72.8 Å². The Hall–Kier alpha value is -3.64. The third-order valence-electron chi connectivity index (χ3n) is 4.97. The van der Waals surface area contributed by atoms with Crippen LogP contribution in [0.3, 0.4) is 0 Å². The quantitative estimate of drug-likeness (QED) is 0.452. The molecule has 0 aliphatic carbocycles. The second-order valence-electron chi connectivity index (χ2n) is 6.62. The lowest BCUT2D eigenvalue weighted by Gasteiger charge is -2.11. The van der Waals surface area contributed by atoms with E-state index in [0.29, 0.717) is 11.1 Å². The fourth-order valence-electron chi connectivity index (χ4n) is 3.63. The summed E-state index contributed by atoms with van der Waals surface area (Å²) in [6, 6.07) is 25.9. The predicted molar refractivity (Wildman–Crippen MR) is 109 cm³/mol. The van der Waals surface area contributed by atoms with Crippen molar-refractivity contribution in [3.63, 3.8) is 0 Å². The first-order valence-electron chi connectivity index (χ1n) is 8.79. The second kappa shape index (κ2) is 6.59. The molecule has 0 aliphatic rings. The average molecular weight is 350 g/mol. The summed E-state index contributed by atoms with van der Waals surface area (Å²) >= 11 is 0. The zero-order chi connectivity index (χ0) is 19.0. The van der Waals surface area contributed by atoms with E-state index in [1.54, 1.807) is 19.1 Å². The maximum Gasteiger partial charge on any atom is 0.161 e. The molecule has 1 heterocycles. The number of hydrogen-bond acceptors (Lipinski definition) is 2. The molecule has 27 heavy (non-hydrogen) atoms. The minimum absolute atomic E-state index is 0.0245. The van der Waals surface area contributed by atoms with E-state index in [2.05, 4.69) is 34.9 Å². The number of nitrogens with zero attached hydrogens (tertiary/aromatic N) is 2. The van der Waals surface area contributed by atoms with Gasteiger partial charge in [-0.15, -0.1) is 0 Å². The summed E-state index contributed by atoms with van der Waals surface area (Å²) in [6.45, 7) is 1.59. The molecule has 0 fully saturated rings. The van der Waals surface area contributed by atoms with Gasteiger partial charge in [0, 0.05) is 23.9 Å². The van der Waals surface area contributed by atoms with Crippen LogP contribution in [-0.2, 0) is 7.05 Å². The van der Waals surface area contributed by atoms with Gasteiger partial charge in [0.1, 0.15) is 0 Å². The normalized spacial score (nSPS) is 10.7. The Kier molecular flexibility index (Phi) is 4.10. The average Bonchev–Trinajstić information content (AvgIpc) is 3.05. The maximum absolute atomic E-state index is 12.4. The SMILES string of the molecule is CC(=O)c1cc(-c2cccc3ccccc23)n(C)c1-c1ccc(C#N)cc1. The second-order valence-corrected chi connectivity index (χ2v) is 6.62.